The molecule has 2 aromatic rings. The predicted octanol–water partition coefficient (Wildman–Crippen LogP) is 4.08. The van der Waals surface area contributed by atoms with Gasteiger partial charge in [-0.2, -0.15) is 13.2 Å². The Morgan fingerprint density at radius 1 is 1.02 bits per heavy atom. The molecule has 0 aliphatic carbocycles. The summed E-state index contributed by atoms with van der Waals surface area (Å²) in [6, 6.07) is 9.72. The molecule has 2 heterocycles. The Kier molecular flexibility index (Phi) is 9.21. The number of amides is 3. The first kappa shape index (κ1) is 29.9. The topological polar surface area (TPSA) is 91.4 Å². The highest BCUT2D eigenvalue weighted by atomic mass is 19.4. The van der Waals surface area contributed by atoms with E-state index < -0.39 is 29.8 Å². The fourth-order valence-corrected chi connectivity index (χ4v) is 5.10. The van der Waals surface area contributed by atoms with Crippen LogP contribution in [0.25, 0.3) is 0 Å². The number of urea groups is 1. The number of hydrogen-bond donors (Lipinski definition) is 1. The number of rotatable bonds is 7. The van der Waals surface area contributed by atoms with Gasteiger partial charge in [-0.3, -0.25) is 14.6 Å². The number of alkyl halides is 3. The third-order valence-corrected chi connectivity index (χ3v) is 7.24. The number of halogens is 3. The third kappa shape index (κ3) is 6.64. The molecule has 0 saturated carbocycles. The maximum Gasteiger partial charge on any atom is 0.416 e. The Bertz CT molecular complexity index is 1310. The number of benzene rings is 2. The van der Waals surface area contributed by atoms with Gasteiger partial charge in [0.1, 0.15) is 5.75 Å². The zero-order valence-electron chi connectivity index (χ0n) is 23.2. The number of methoxy groups -OCH3 is 1. The van der Waals surface area contributed by atoms with Crippen LogP contribution in [0.2, 0.25) is 0 Å². The third-order valence-electron chi connectivity index (χ3n) is 7.24. The largest absolute Gasteiger partial charge is 0.497 e. The maximum atomic E-state index is 13.9. The zero-order valence-corrected chi connectivity index (χ0v) is 23.2. The SMILES string of the molecule is CCOC(=O)C1=C(CN2CCCN(C(=O)c3ccc(OC)cc3)CC2)N(C)C(=O)N[C@H]1c1ccccc1C(F)(F)F. The minimum Gasteiger partial charge on any atom is -0.497 e. The predicted molar refractivity (Wildman–Crippen MR) is 144 cm³/mol. The molecule has 1 fully saturated rings. The van der Waals surface area contributed by atoms with E-state index in [1.165, 1.54) is 30.1 Å². The van der Waals surface area contributed by atoms with Crippen molar-refractivity contribution < 1.29 is 37.0 Å². The van der Waals surface area contributed by atoms with E-state index in [0.717, 1.165) is 6.07 Å². The maximum absolute atomic E-state index is 13.9. The lowest BCUT2D eigenvalue weighted by Gasteiger charge is -2.37. The second-order valence-electron chi connectivity index (χ2n) is 9.76. The summed E-state index contributed by atoms with van der Waals surface area (Å²) in [6.07, 6.45) is -4.07. The molecular formula is C29H33F3N4O5. The quantitative estimate of drug-likeness (QED) is 0.502. The molecule has 0 radical (unpaired) electrons. The van der Waals surface area contributed by atoms with Gasteiger partial charge in [0, 0.05) is 51.0 Å². The molecule has 1 saturated heterocycles. The van der Waals surface area contributed by atoms with E-state index in [0.29, 0.717) is 43.9 Å². The van der Waals surface area contributed by atoms with Crippen LogP contribution < -0.4 is 10.1 Å². The van der Waals surface area contributed by atoms with Crippen LogP contribution >= 0.6 is 0 Å². The molecule has 2 aliphatic rings. The minimum absolute atomic E-state index is 0.00700. The Morgan fingerprint density at radius 2 is 1.73 bits per heavy atom. The van der Waals surface area contributed by atoms with Crippen molar-refractivity contribution in [1.29, 1.82) is 0 Å². The second-order valence-corrected chi connectivity index (χ2v) is 9.76. The molecule has 12 heteroatoms. The first-order valence-corrected chi connectivity index (χ1v) is 13.3. The lowest BCUT2D eigenvalue weighted by atomic mass is 9.90. The summed E-state index contributed by atoms with van der Waals surface area (Å²) >= 11 is 0. The van der Waals surface area contributed by atoms with Gasteiger partial charge >= 0.3 is 18.2 Å². The molecule has 0 unspecified atom stereocenters. The Morgan fingerprint density at radius 3 is 2.39 bits per heavy atom. The van der Waals surface area contributed by atoms with Crippen LogP contribution in [0.5, 0.6) is 5.75 Å². The number of carbonyl (C=O) groups excluding carboxylic acids is 3. The second kappa shape index (κ2) is 12.6. The average molecular weight is 575 g/mol. The fourth-order valence-electron chi connectivity index (χ4n) is 5.10. The molecular weight excluding hydrogens is 541 g/mol. The first-order valence-electron chi connectivity index (χ1n) is 13.3. The monoisotopic (exact) mass is 574 g/mol. The lowest BCUT2D eigenvalue weighted by Crippen LogP contribution is -2.50. The minimum atomic E-state index is -4.70. The van der Waals surface area contributed by atoms with Crippen LogP contribution in [0, 0.1) is 0 Å². The van der Waals surface area contributed by atoms with Gasteiger partial charge in [0.05, 0.1) is 30.9 Å². The van der Waals surface area contributed by atoms with Crippen LogP contribution in [0.3, 0.4) is 0 Å². The number of carbonyl (C=O) groups is 3. The van der Waals surface area contributed by atoms with Crippen molar-refractivity contribution in [1.82, 2.24) is 20.0 Å². The van der Waals surface area contributed by atoms with E-state index in [2.05, 4.69) is 5.32 Å². The van der Waals surface area contributed by atoms with Gasteiger partial charge in [-0.1, -0.05) is 18.2 Å². The van der Waals surface area contributed by atoms with Gasteiger partial charge in [0.25, 0.3) is 5.91 Å². The molecule has 0 bridgehead atoms. The van der Waals surface area contributed by atoms with Gasteiger partial charge in [0.2, 0.25) is 0 Å². The van der Waals surface area contributed by atoms with E-state index in [-0.39, 0.29) is 35.9 Å². The molecule has 0 aromatic heterocycles. The Balaban J connectivity index is 1.63. The lowest BCUT2D eigenvalue weighted by molar-refractivity contribution is -0.141. The summed E-state index contributed by atoms with van der Waals surface area (Å²) in [4.78, 5) is 44.3. The number of nitrogens with one attached hydrogen (secondary N) is 1. The Hall–Kier alpha value is -4.06. The molecule has 3 amide bonds. The summed E-state index contributed by atoms with van der Waals surface area (Å²) in [6.45, 7) is 3.59. The van der Waals surface area contributed by atoms with Crippen molar-refractivity contribution >= 4 is 17.9 Å². The molecule has 1 N–H and O–H groups in total. The Labute approximate surface area is 236 Å². The summed E-state index contributed by atoms with van der Waals surface area (Å²) in [5.41, 5.74) is -0.459. The van der Waals surface area contributed by atoms with Crippen LogP contribution in [-0.2, 0) is 15.7 Å². The highest BCUT2D eigenvalue weighted by Crippen LogP contribution is 2.39. The average Bonchev–Trinajstić information content (AvgIpc) is 3.20. The fraction of sp³-hybridized carbons (Fsp3) is 0.414. The summed E-state index contributed by atoms with van der Waals surface area (Å²) in [5, 5.41) is 2.56. The number of ether oxygens (including phenoxy) is 2. The van der Waals surface area contributed by atoms with Crippen molar-refractivity contribution in [2.45, 2.75) is 25.6 Å². The van der Waals surface area contributed by atoms with Crippen molar-refractivity contribution in [2.24, 2.45) is 0 Å². The number of esters is 1. The standard InChI is InChI=1S/C29H33F3N4O5/c1-4-41-27(38)24-23(34(2)28(39)33-25(24)21-8-5-6-9-22(21)29(30,31)32)18-35-14-7-15-36(17-16-35)26(37)19-10-12-20(40-3)13-11-19/h5-6,8-13,25H,4,7,14-18H2,1-3H3,(H,33,39)/t25-/m0/s1. The van der Waals surface area contributed by atoms with Crippen LogP contribution in [0.4, 0.5) is 18.0 Å². The molecule has 1 atom stereocenters. The van der Waals surface area contributed by atoms with Crippen LogP contribution in [0.1, 0.15) is 40.9 Å². The van der Waals surface area contributed by atoms with Crippen molar-refractivity contribution in [3.63, 3.8) is 0 Å². The van der Waals surface area contributed by atoms with Gasteiger partial charge in [-0.15, -0.1) is 0 Å². The molecule has 2 aliphatic heterocycles. The van der Waals surface area contributed by atoms with E-state index in [4.69, 9.17) is 9.47 Å². The van der Waals surface area contributed by atoms with Crippen molar-refractivity contribution in [3.8, 4) is 5.75 Å². The van der Waals surface area contributed by atoms with Crippen molar-refractivity contribution in [2.75, 3.05) is 53.5 Å². The van der Waals surface area contributed by atoms with E-state index in [1.807, 2.05) is 4.90 Å². The smallest absolute Gasteiger partial charge is 0.416 e. The summed E-state index contributed by atoms with van der Waals surface area (Å²) in [5.74, 6) is -0.285. The molecule has 0 spiro atoms. The van der Waals surface area contributed by atoms with Crippen molar-refractivity contribution in [3.05, 3.63) is 76.5 Å². The van der Waals surface area contributed by atoms with Crippen LogP contribution in [0.15, 0.2) is 59.8 Å². The van der Waals surface area contributed by atoms with Crippen LogP contribution in [-0.4, -0.2) is 86.1 Å². The van der Waals surface area contributed by atoms with Gasteiger partial charge in [-0.05, 0) is 49.2 Å². The molecule has 4 rings (SSSR count). The highest BCUT2D eigenvalue weighted by Gasteiger charge is 2.42. The van der Waals surface area contributed by atoms with E-state index >= 15 is 0 Å². The van der Waals surface area contributed by atoms with Gasteiger partial charge in [-0.25, -0.2) is 9.59 Å². The van der Waals surface area contributed by atoms with E-state index in [1.54, 1.807) is 43.2 Å². The summed E-state index contributed by atoms with van der Waals surface area (Å²) in [7, 11) is 3.01. The molecule has 2 aromatic carbocycles. The van der Waals surface area contributed by atoms with Gasteiger partial charge < -0.3 is 19.7 Å². The summed E-state index contributed by atoms with van der Waals surface area (Å²) < 4.78 is 52.2. The number of nitrogens with zero attached hydrogens (tertiary/aromatic N) is 3. The molecule has 9 nitrogen and oxygen atoms in total. The first-order chi connectivity index (χ1) is 19.5. The van der Waals surface area contributed by atoms with E-state index in [9.17, 15) is 27.6 Å². The van der Waals surface area contributed by atoms with Gasteiger partial charge in [0.15, 0.2) is 0 Å². The molecule has 41 heavy (non-hydrogen) atoms. The zero-order chi connectivity index (χ0) is 29.7. The normalized spacial score (nSPS) is 18.6. The highest BCUT2D eigenvalue weighted by molar-refractivity contribution is 5.95. The number of hydrogen-bond acceptors (Lipinski definition) is 6. The number of likely N-dealkylation sites (N-methyl/N-ethyl adjacent to an activating group) is 1. The molecule has 220 valence electrons.